The molecule has 0 radical (unpaired) electrons. The van der Waals surface area contributed by atoms with Gasteiger partial charge in [0.15, 0.2) is 0 Å². The average Bonchev–Trinajstić information content (AvgIpc) is 2.45. The summed E-state index contributed by atoms with van der Waals surface area (Å²) in [6.07, 6.45) is 1.62. The molecule has 0 aliphatic heterocycles. The van der Waals surface area contributed by atoms with Crippen LogP contribution >= 0.6 is 0 Å². The number of rotatable bonds is 2. The molecule has 0 bridgehead atoms. The van der Waals surface area contributed by atoms with Crippen molar-refractivity contribution in [3.05, 3.63) is 53.1 Å². The number of phenolic OH excluding ortho intramolecular Hbond substituents is 2. The van der Waals surface area contributed by atoms with Crippen molar-refractivity contribution in [3.63, 3.8) is 0 Å². The molecule has 0 spiro atoms. The minimum absolute atomic E-state index is 0.0365. The highest BCUT2D eigenvalue weighted by atomic mass is 16.3. The Morgan fingerprint density at radius 3 is 2.04 bits per heavy atom. The summed E-state index contributed by atoms with van der Waals surface area (Å²) in [7, 11) is 0. The van der Waals surface area contributed by atoms with Gasteiger partial charge < -0.3 is 10.2 Å². The number of aliphatic imine (C=N–C) groups is 1. The fraction of sp³-hybridized carbons (Fsp3) is 0.381. The van der Waals surface area contributed by atoms with Crippen molar-refractivity contribution in [1.82, 2.24) is 0 Å². The first kappa shape index (κ1) is 18.1. The highest BCUT2D eigenvalue weighted by Crippen LogP contribution is 2.37. The summed E-state index contributed by atoms with van der Waals surface area (Å²) in [5.74, 6) is 0.367. The van der Waals surface area contributed by atoms with Crippen molar-refractivity contribution < 1.29 is 10.2 Å². The van der Waals surface area contributed by atoms with Crippen LogP contribution in [-0.2, 0) is 10.8 Å². The Bertz CT molecular complexity index is 762. The molecule has 2 rings (SSSR count). The lowest BCUT2D eigenvalue weighted by atomic mass is 9.79. The summed E-state index contributed by atoms with van der Waals surface area (Å²) in [5.41, 5.74) is 2.97. The second kappa shape index (κ2) is 6.31. The van der Waals surface area contributed by atoms with Gasteiger partial charge in [0.1, 0.15) is 17.2 Å². The molecule has 0 amide bonds. The summed E-state index contributed by atoms with van der Waals surface area (Å²) in [6.45, 7) is 12.7. The minimum Gasteiger partial charge on any atom is -0.507 e. The van der Waals surface area contributed by atoms with Gasteiger partial charge in [0.25, 0.3) is 0 Å². The van der Waals surface area contributed by atoms with Crippen LogP contribution in [0.15, 0.2) is 41.4 Å². The fourth-order valence-electron chi connectivity index (χ4n) is 2.47. The zero-order valence-electron chi connectivity index (χ0n) is 15.4. The Balaban J connectivity index is 2.59. The van der Waals surface area contributed by atoms with E-state index >= 15 is 0 Å². The van der Waals surface area contributed by atoms with Gasteiger partial charge in [-0.1, -0.05) is 59.7 Å². The van der Waals surface area contributed by atoms with Gasteiger partial charge in [-0.05, 0) is 34.6 Å². The van der Waals surface area contributed by atoms with Crippen molar-refractivity contribution in [2.45, 2.75) is 52.4 Å². The lowest BCUT2D eigenvalue weighted by Gasteiger charge is -2.26. The van der Waals surface area contributed by atoms with E-state index in [4.69, 9.17) is 0 Å². The van der Waals surface area contributed by atoms with Crippen LogP contribution < -0.4 is 0 Å². The Kier molecular flexibility index (Phi) is 4.75. The van der Waals surface area contributed by atoms with Crippen LogP contribution in [0.2, 0.25) is 0 Å². The van der Waals surface area contributed by atoms with Gasteiger partial charge in [-0.2, -0.15) is 0 Å². The van der Waals surface area contributed by atoms with Crippen LogP contribution in [0.1, 0.15) is 58.2 Å². The largest absolute Gasteiger partial charge is 0.507 e. The van der Waals surface area contributed by atoms with Crippen molar-refractivity contribution in [2.75, 3.05) is 0 Å². The van der Waals surface area contributed by atoms with E-state index in [1.165, 1.54) is 0 Å². The van der Waals surface area contributed by atoms with E-state index in [0.29, 0.717) is 11.3 Å². The summed E-state index contributed by atoms with van der Waals surface area (Å²) < 4.78 is 0. The molecule has 0 aromatic heterocycles. The molecular formula is C21H27NO2. The second-order valence-electron chi connectivity index (χ2n) is 8.21. The van der Waals surface area contributed by atoms with E-state index in [9.17, 15) is 10.2 Å². The van der Waals surface area contributed by atoms with Gasteiger partial charge in [-0.3, -0.25) is 4.99 Å². The standard InChI is InChI=1S/C21H27NO2/c1-20(2,3)15-11-14(19(24)16(12-15)21(4,5)6)13-22-17-9-7-8-10-18(17)23/h7-13,23-24H,1-6H3. The molecule has 0 aliphatic rings. The molecule has 3 nitrogen and oxygen atoms in total. The molecule has 0 saturated carbocycles. The van der Waals surface area contributed by atoms with E-state index in [0.717, 1.165) is 11.1 Å². The Morgan fingerprint density at radius 1 is 0.875 bits per heavy atom. The maximum absolute atomic E-state index is 10.7. The van der Waals surface area contributed by atoms with Gasteiger partial charge in [-0.15, -0.1) is 0 Å². The topological polar surface area (TPSA) is 52.8 Å². The van der Waals surface area contributed by atoms with E-state index in [1.54, 1.807) is 24.4 Å². The SMILES string of the molecule is CC(C)(C)c1cc(C=Nc2ccccc2O)c(O)c(C(C)(C)C)c1. The van der Waals surface area contributed by atoms with Gasteiger partial charge in [0.05, 0.1) is 0 Å². The third-order valence-corrected chi connectivity index (χ3v) is 4.04. The molecule has 2 N–H and O–H groups in total. The summed E-state index contributed by atoms with van der Waals surface area (Å²) in [6, 6.07) is 10.9. The number of hydrogen-bond donors (Lipinski definition) is 2. The maximum atomic E-state index is 10.7. The number of aromatic hydroxyl groups is 2. The minimum atomic E-state index is -0.178. The average molecular weight is 325 g/mol. The highest BCUT2D eigenvalue weighted by molar-refractivity contribution is 5.87. The third kappa shape index (κ3) is 3.97. The molecule has 3 heteroatoms. The van der Waals surface area contributed by atoms with Crippen LogP contribution in [0.3, 0.4) is 0 Å². The van der Waals surface area contributed by atoms with Crippen molar-refractivity contribution in [1.29, 1.82) is 0 Å². The first-order valence-corrected chi connectivity index (χ1v) is 8.20. The first-order valence-electron chi connectivity index (χ1n) is 8.20. The predicted molar refractivity (Wildman–Crippen MR) is 101 cm³/mol. The lowest BCUT2D eigenvalue weighted by Crippen LogP contribution is -2.17. The Hall–Kier alpha value is -2.29. The number of phenols is 2. The van der Waals surface area contributed by atoms with Crippen LogP contribution in [0.4, 0.5) is 5.69 Å². The summed E-state index contributed by atoms with van der Waals surface area (Å²) in [5, 5.41) is 20.6. The molecule has 2 aromatic rings. The fourth-order valence-corrected chi connectivity index (χ4v) is 2.47. The van der Waals surface area contributed by atoms with Gasteiger partial charge >= 0.3 is 0 Å². The molecule has 24 heavy (non-hydrogen) atoms. The molecule has 0 atom stereocenters. The van der Waals surface area contributed by atoms with Crippen LogP contribution in [-0.4, -0.2) is 16.4 Å². The molecule has 0 unspecified atom stereocenters. The maximum Gasteiger partial charge on any atom is 0.141 e. The summed E-state index contributed by atoms with van der Waals surface area (Å²) >= 11 is 0. The monoisotopic (exact) mass is 325 g/mol. The van der Waals surface area contributed by atoms with Crippen LogP contribution in [0.5, 0.6) is 11.5 Å². The number of nitrogens with zero attached hydrogens (tertiary/aromatic N) is 1. The Morgan fingerprint density at radius 2 is 1.50 bits per heavy atom. The molecule has 0 saturated heterocycles. The van der Waals surface area contributed by atoms with Crippen molar-refractivity contribution in [3.8, 4) is 11.5 Å². The first-order chi connectivity index (χ1) is 11.0. The molecule has 2 aromatic carbocycles. The number of benzene rings is 2. The molecular weight excluding hydrogens is 298 g/mol. The summed E-state index contributed by atoms with van der Waals surface area (Å²) in [4.78, 5) is 4.35. The van der Waals surface area contributed by atoms with Gasteiger partial charge in [0, 0.05) is 17.3 Å². The number of hydrogen-bond acceptors (Lipinski definition) is 3. The van der Waals surface area contributed by atoms with Crippen molar-refractivity contribution >= 4 is 11.9 Å². The predicted octanol–water partition coefficient (Wildman–Crippen LogP) is 5.44. The number of para-hydroxylation sites is 2. The quantitative estimate of drug-likeness (QED) is 0.722. The molecule has 0 heterocycles. The van der Waals surface area contributed by atoms with Gasteiger partial charge in [0.2, 0.25) is 0 Å². The highest BCUT2D eigenvalue weighted by Gasteiger charge is 2.24. The normalized spacial score (nSPS) is 12.8. The zero-order valence-corrected chi connectivity index (χ0v) is 15.4. The van der Waals surface area contributed by atoms with E-state index in [1.807, 2.05) is 12.1 Å². The molecule has 0 fully saturated rings. The Labute approximate surface area is 144 Å². The van der Waals surface area contributed by atoms with Crippen LogP contribution in [0, 0.1) is 0 Å². The van der Waals surface area contributed by atoms with Crippen LogP contribution in [0.25, 0.3) is 0 Å². The van der Waals surface area contributed by atoms with E-state index in [-0.39, 0.29) is 22.3 Å². The molecule has 0 aliphatic carbocycles. The van der Waals surface area contributed by atoms with E-state index in [2.05, 4.69) is 52.6 Å². The third-order valence-electron chi connectivity index (χ3n) is 4.04. The zero-order chi connectivity index (χ0) is 18.1. The van der Waals surface area contributed by atoms with E-state index < -0.39 is 0 Å². The molecule has 128 valence electrons. The van der Waals surface area contributed by atoms with Gasteiger partial charge in [-0.25, -0.2) is 0 Å². The smallest absolute Gasteiger partial charge is 0.141 e. The van der Waals surface area contributed by atoms with Crippen molar-refractivity contribution in [2.24, 2.45) is 4.99 Å². The lowest BCUT2D eigenvalue weighted by molar-refractivity contribution is 0.444. The second-order valence-corrected chi connectivity index (χ2v) is 8.21.